The van der Waals surface area contributed by atoms with Crippen LogP contribution in [0.1, 0.15) is 50.7 Å². The van der Waals surface area contributed by atoms with Gasteiger partial charge in [-0.25, -0.2) is 4.39 Å². The second-order valence-electron chi connectivity index (χ2n) is 9.20. The number of aliphatic hydroxyl groups excluding tert-OH is 1. The summed E-state index contributed by atoms with van der Waals surface area (Å²) >= 11 is 0. The zero-order valence-electron chi connectivity index (χ0n) is 18.5. The molecule has 0 spiro atoms. The van der Waals surface area contributed by atoms with Gasteiger partial charge >= 0.3 is 0 Å². The molecule has 0 amide bonds. The number of rotatable bonds is 6. The second kappa shape index (κ2) is 10.1. The standard InChI is InChI=1S/C25H31FN2O3/c1-25(2,3)8-4-18-12-21(26)15-23(13-18)31-17-22(29)16-28-10-6-19(7-11-28)20-5-9-27-24(30)14-20/h5,9,12-15,19,22,29H,6-7,10-11,16-17H2,1-3H3,(H,27,30). The van der Waals surface area contributed by atoms with E-state index in [-0.39, 0.29) is 17.6 Å². The Hall–Kier alpha value is -2.62. The van der Waals surface area contributed by atoms with Gasteiger partial charge in [-0.05, 0) is 76.4 Å². The minimum Gasteiger partial charge on any atom is -0.491 e. The largest absolute Gasteiger partial charge is 0.491 e. The van der Waals surface area contributed by atoms with Gasteiger partial charge in [-0.3, -0.25) is 4.79 Å². The fourth-order valence-electron chi connectivity index (χ4n) is 3.69. The number of piperidine rings is 1. The molecule has 1 fully saturated rings. The Morgan fingerprint density at radius 1 is 1.26 bits per heavy atom. The van der Waals surface area contributed by atoms with E-state index >= 15 is 0 Å². The molecule has 2 aromatic rings. The molecule has 1 aliphatic heterocycles. The average molecular weight is 427 g/mol. The summed E-state index contributed by atoms with van der Waals surface area (Å²) in [5.74, 6) is 6.38. The van der Waals surface area contributed by atoms with Gasteiger partial charge in [0.1, 0.15) is 24.3 Å². The topological polar surface area (TPSA) is 65.6 Å². The summed E-state index contributed by atoms with van der Waals surface area (Å²) in [6, 6.07) is 8.02. The van der Waals surface area contributed by atoms with E-state index in [9.17, 15) is 14.3 Å². The lowest BCUT2D eigenvalue weighted by atomic mass is 9.90. The summed E-state index contributed by atoms with van der Waals surface area (Å²) in [7, 11) is 0. The lowest BCUT2D eigenvalue weighted by molar-refractivity contribution is 0.0593. The van der Waals surface area contributed by atoms with Crippen molar-refractivity contribution in [1.29, 1.82) is 0 Å². The highest BCUT2D eigenvalue weighted by Crippen LogP contribution is 2.27. The zero-order valence-corrected chi connectivity index (χ0v) is 18.5. The molecule has 31 heavy (non-hydrogen) atoms. The van der Waals surface area contributed by atoms with Gasteiger partial charge < -0.3 is 19.7 Å². The Bertz CT molecular complexity index is 992. The van der Waals surface area contributed by atoms with Crippen molar-refractivity contribution in [2.75, 3.05) is 26.2 Å². The van der Waals surface area contributed by atoms with Crippen LogP contribution >= 0.6 is 0 Å². The lowest BCUT2D eigenvalue weighted by Crippen LogP contribution is -2.40. The Kier molecular flexibility index (Phi) is 7.53. The molecular formula is C25H31FN2O3. The van der Waals surface area contributed by atoms with Gasteiger partial charge in [0.15, 0.2) is 0 Å². The third kappa shape index (κ3) is 7.54. The van der Waals surface area contributed by atoms with Crippen LogP contribution in [0.5, 0.6) is 5.75 Å². The van der Waals surface area contributed by atoms with E-state index < -0.39 is 11.9 Å². The quantitative estimate of drug-likeness (QED) is 0.694. The summed E-state index contributed by atoms with van der Waals surface area (Å²) in [4.78, 5) is 16.4. The predicted octanol–water partition coefficient (Wildman–Crippen LogP) is 3.53. The highest BCUT2D eigenvalue weighted by atomic mass is 19.1. The monoisotopic (exact) mass is 426 g/mol. The Balaban J connectivity index is 1.48. The second-order valence-corrected chi connectivity index (χ2v) is 9.20. The maximum atomic E-state index is 13.9. The van der Waals surface area contributed by atoms with Crippen molar-refractivity contribution in [2.24, 2.45) is 5.41 Å². The number of nitrogens with one attached hydrogen (secondary N) is 1. The van der Waals surface area contributed by atoms with Gasteiger partial charge in [-0.15, -0.1) is 0 Å². The molecule has 0 saturated carbocycles. The SMILES string of the molecule is CC(C)(C)C#Cc1cc(F)cc(OCC(O)CN2CCC(c3cc[nH]c(=O)c3)CC2)c1. The minimum atomic E-state index is -0.677. The number of halogens is 1. The zero-order chi connectivity index (χ0) is 22.4. The van der Waals surface area contributed by atoms with Crippen LogP contribution in [0.2, 0.25) is 0 Å². The predicted molar refractivity (Wildman–Crippen MR) is 120 cm³/mol. The number of aromatic nitrogens is 1. The first kappa shape index (κ1) is 23.1. The van der Waals surface area contributed by atoms with Crippen molar-refractivity contribution in [3.8, 4) is 17.6 Å². The molecular weight excluding hydrogens is 395 g/mol. The molecule has 166 valence electrons. The molecule has 6 heteroatoms. The highest BCUT2D eigenvalue weighted by molar-refractivity contribution is 5.41. The molecule has 2 N–H and O–H groups in total. The van der Waals surface area contributed by atoms with Crippen LogP contribution in [0.3, 0.4) is 0 Å². The number of hydrogen-bond donors (Lipinski definition) is 2. The fraction of sp³-hybridized carbons (Fsp3) is 0.480. The first-order chi connectivity index (χ1) is 14.7. The van der Waals surface area contributed by atoms with Crippen molar-refractivity contribution >= 4 is 0 Å². The Morgan fingerprint density at radius 3 is 2.68 bits per heavy atom. The van der Waals surface area contributed by atoms with Crippen LogP contribution in [-0.4, -0.2) is 47.3 Å². The number of aromatic amines is 1. The van der Waals surface area contributed by atoms with E-state index in [4.69, 9.17) is 4.74 Å². The number of hydrogen-bond acceptors (Lipinski definition) is 4. The third-order valence-electron chi connectivity index (χ3n) is 5.22. The molecule has 0 bridgehead atoms. The molecule has 1 aromatic heterocycles. The number of pyridine rings is 1. The smallest absolute Gasteiger partial charge is 0.248 e. The Morgan fingerprint density at radius 2 is 2.00 bits per heavy atom. The van der Waals surface area contributed by atoms with Crippen LogP contribution in [0.4, 0.5) is 4.39 Å². The van der Waals surface area contributed by atoms with Crippen molar-refractivity contribution in [2.45, 2.75) is 45.6 Å². The molecule has 1 atom stereocenters. The van der Waals surface area contributed by atoms with Gasteiger partial charge in [-0.1, -0.05) is 11.8 Å². The number of benzene rings is 1. The summed E-state index contributed by atoms with van der Waals surface area (Å²) in [6.07, 6.45) is 2.90. The highest BCUT2D eigenvalue weighted by Gasteiger charge is 2.22. The first-order valence-electron chi connectivity index (χ1n) is 10.7. The number of aliphatic hydroxyl groups is 1. The first-order valence-corrected chi connectivity index (χ1v) is 10.7. The molecule has 5 nitrogen and oxygen atoms in total. The van der Waals surface area contributed by atoms with E-state index in [1.807, 2.05) is 26.8 Å². The third-order valence-corrected chi connectivity index (χ3v) is 5.22. The van der Waals surface area contributed by atoms with Crippen LogP contribution in [0.25, 0.3) is 0 Å². The van der Waals surface area contributed by atoms with Crippen molar-refractivity contribution in [3.05, 3.63) is 63.8 Å². The molecule has 3 rings (SSSR count). The normalized spacial score (nSPS) is 16.4. The number of β-amino-alcohol motifs (C(OH)–C–C–N with tert-alkyl or cyclic N) is 1. The molecule has 1 saturated heterocycles. The molecule has 1 aliphatic rings. The van der Waals surface area contributed by atoms with E-state index in [1.54, 1.807) is 18.3 Å². The molecule has 0 radical (unpaired) electrons. The summed E-state index contributed by atoms with van der Waals surface area (Å²) < 4.78 is 19.6. The van der Waals surface area contributed by atoms with Crippen molar-refractivity contribution < 1.29 is 14.2 Å². The summed E-state index contributed by atoms with van der Waals surface area (Å²) in [5, 5.41) is 10.4. The van der Waals surface area contributed by atoms with Crippen LogP contribution < -0.4 is 10.3 Å². The summed E-state index contributed by atoms with van der Waals surface area (Å²) in [6.45, 7) is 8.26. The van der Waals surface area contributed by atoms with Crippen LogP contribution in [-0.2, 0) is 0 Å². The number of ether oxygens (including phenoxy) is 1. The van der Waals surface area contributed by atoms with Gasteiger partial charge in [0, 0.05) is 35.9 Å². The van der Waals surface area contributed by atoms with Crippen molar-refractivity contribution in [1.82, 2.24) is 9.88 Å². The maximum Gasteiger partial charge on any atom is 0.248 e. The molecule has 0 aliphatic carbocycles. The number of H-pyrrole nitrogens is 1. The molecule has 1 unspecified atom stereocenters. The van der Waals surface area contributed by atoms with Gasteiger partial charge in [0.05, 0.1) is 0 Å². The van der Waals surface area contributed by atoms with Gasteiger partial charge in [0.2, 0.25) is 5.56 Å². The number of likely N-dealkylation sites (tertiary alicyclic amines) is 1. The summed E-state index contributed by atoms with van der Waals surface area (Å²) in [5.41, 5.74) is 1.38. The fourth-order valence-corrected chi connectivity index (χ4v) is 3.69. The van der Waals surface area contributed by atoms with E-state index in [1.165, 1.54) is 12.1 Å². The lowest BCUT2D eigenvalue weighted by Gasteiger charge is -2.33. The van der Waals surface area contributed by atoms with Gasteiger partial charge in [0.25, 0.3) is 0 Å². The van der Waals surface area contributed by atoms with Crippen LogP contribution in [0, 0.1) is 23.1 Å². The Labute approximate surface area is 183 Å². The maximum absolute atomic E-state index is 13.9. The van der Waals surface area contributed by atoms with E-state index in [2.05, 4.69) is 21.7 Å². The molecule has 1 aromatic carbocycles. The minimum absolute atomic E-state index is 0.0719. The molecule has 2 heterocycles. The average Bonchev–Trinajstić information content (AvgIpc) is 2.70. The van der Waals surface area contributed by atoms with Gasteiger partial charge in [-0.2, -0.15) is 0 Å². The van der Waals surface area contributed by atoms with Crippen LogP contribution in [0.15, 0.2) is 41.3 Å². The van der Waals surface area contributed by atoms with E-state index in [0.29, 0.717) is 23.8 Å². The van der Waals surface area contributed by atoms with E-state index in [0.717, 1.165) is 31.5 Å². The number of nitrogens with zero attached hydrogens (tertiary/aromatic N) is 1. The van der Waals surface area contributed by atoms with Crippen molar-refractivity contribution in [3.63, 3.8) is 0 Å².